The summed E-state index contributed by atoms with van der Waals surface area (Å²) in [6.07, 6.45) is -1.93. The molecule has 4 atom stereocenters. The van der Waals surface area contributed by atoms with Gasteiger partial charge in [-0.15, -0.1) is 0 Å². The molecule has 1 saturated heterocycles. The number of rotatable bonds is 1. The van der Waals surface area contributed by atoms with Gasteiger partial charge in [0.15, 0.2) is 6.29 Å². The van der Waals surface area contributed by atoms with Crippen LogP contribution in [-0.2, 0) is 9.47 Å². The van der Waals surface area contributed by atoms with Crippen molar-refractivity contribution in [2.75, 3.05) is 7.11 Å². The van der Waals surface area contributed by atoms with Gasteiger partial charge >= 0.3 is 0 Å². The van der Waals surface area contributed by atoms with E-state index < -0.39 is 12.2 Å². The summed E-state index contributed by atoms with van der Waals surface area (Å²) in [5, 5.41) is 18.5. The summed E-state index contributed by atoms with van der Waals surface area (Å²) >= 11 is 0. The fourth-order valence-corrected chi connectivity index (χ4v) is 1.18. The van der Waals surface area contributed by atoms with Gasteiger partial charge < -0.3 is 19.7 Å². The maximum atomic E-state index is 9.24. The lowest BCUT2D eigenvalue weighted by atomic mass is 10.0. The summed E-state index contributed by atoms with van der Waals surface area (Å²) in [5.74, 6) is 0. The first-order chi connectivity index (χ1) is 5.15. The van der Waals surface area contributed by atoms with Gasteiger partial charge in [-0.2, -0.15) is 0 Å². The van der Waals surface area contributed by atoms with Gasteiger partial charge in [-0.05, 0) is 6.92 Å². The lowest BCUT2D eigenvalue weighted by molar-refractivity contribution is -0.237. The normalized spacial score (nSPS) is 45.8. The highest BCUT2D eigenvalue weighted by Gasteiger charge is 2.33. The van der Waals surface area contributed by atoms with Crippen LogP contribution >= 0.6 is 0 Å². The average molecular weight is 162 g/mol. The summed E-state index contributed by atoms with van der Waals surface area (Å²) in [7, 11) is 1.52. The van der Waals surface area contributed by atoms with Gasteiger partial charge in [0.2, 0.25) is 0 Å². The number of aliphatic hydroxyl groups excluding tert-OH is 2. The first-order valence-electron chi connectivity index (χ1n) is 3.69. The third kappa shape index (κ3) is 1.90. The van der Waals surface area contributed by atoms with E-state index in [4.69, 9.17) is 9.47 Å². The molecular weight excluding hydrogens is 148 g/mol. The van der Waals surface area contributed by atoms with Crippen LogP contribution in [-0.4, -0.2) is 41.9 Å². The second-order valence-electron chi connectivity index (χ2n) is 2.80. The fraction of sp³-hybridized carbons (Fsp3) is 1.00. The maximum Gasteiger partial charge on any atom is 0.160 e. The molecular formula is C7H14O4. The topological polar surface area (TPSA) is 58.9 Å². The van der Waals surface area contributed by atoms with Gasteiger partial charge in [0.1, 0.15) is 6.10 Å². The van der Waals surface area contributed by atoms with E-state index in [0.717, 1.165) is 0 Å². The Balaban J connectivity index is 2.47. The van der Waals surface area contributed by atoms with Gasteiger partial charge in [-0.1, -0.05) is 0 Å². The summed E-state index contributed by atoms with van der Waals surface area (Å²) in [5.41, 5.74) is 0. The summed E-state index contributed by atoms with van der Waals surface area (Å²) in [6.45, 7) is 1.71. The highest BCUT2D eigenvalue weighted by atomic mass is 16.7. The van der Waals surface area contributed by atoms with Crippen LogP contribution in [0.1, 0.15) is 13.3 Å². The minimum atomic E-state index is -0.790. The zero-order valence-electron chi connectivity index (χ0n) is 6.73. The molecule has 0 aromatic heterocycles. The van der Waals surface area contributed by atoms with Crippen LogP contribution in [0, 0.1) is 0 Å². The molecule has 66 valence electrons. The molecule has 1 heterocycles. The third-order valence-corrected chi connectivity index (χ3v) is 1.94. The van der Waals surface area contributed by atoms with E-state index in [1.165, 1.54) is 7.11 Å². The van der Waals surface area contributed by atoms with E-state index in [1.54, 1.807) is 6.92 Å². The summed E-state index contributed by atoms with van der Waals surface area (Å²) in [6, 6.07) is 0. The van der Waals surface area contributed by atoms with Crippen LogP contribution in [0.15, 0.2) is 0 Å². The Morgan fingerprint density at radius 1 is 1.45 bits per heavy atom. The van der Waals surface area contributed by atoms with E-state index in [1.807, 2.05) is 0 Å². The van der Waals surface area contributed by atoms with Crippen LogP contribution in [0.2, 0.25) is 0 Å². The highest BCUT2D eigenvalue weighted by Crippen LogP contribution is 2.19. The minimum absolute atomic E-state index is 0.335. The van der Waals surface area contributed by atoms with Crippen LogP contribution in [0.25, 0.3) is 0 Å². The molecule has 4 nitrogen and oxygen atoms in total. The molecule has 1 aliphatic rings. The standard InChI is InChI=1S/C7H14O4/c1-4-7(9)5(8)3-6(10-2)11-4/h4-9H,3H2,1-2H3/t4?,5-,6-,7-/m1/s1. The van der Waals surface area contributed by atoms with Crippen molar-refractivity contribution in [3.8, 4) is 0 Å². The van der Waals surface area contributed by atoms with Crippen LogP contribution in [0.5, 0.6) is 0 Å². The quantitative estimate of drug-likeness (QED) is 0.545. The molecule has 0 aliphatic carbocycles. The molecule has 0 radical (unpaired) electrons. The Labute approximate surface area is 65.7 Å². The Morgan fingerprint density at radius 3 is 2.55 bits per heavy atom. The Hall–Kier alpha value is -0.160. The van der Waals surface area contributed by atoms with Gasteiger partial charge in [0.05, 0.1) is 12.2 Å². The number of methoxy groups -OCH3 is 1. The molecule has 4 heteroatoms. The smallest absolute Gasteiger partial charge is 0.160 e. The Kier molecular flexibility index (Phi) is 2.84. The van der Waals surface area contributed by atoms with Crippen LogP contribution < -0.4 is 0 Å². The number of ether oxygens (including phenoxy) is 2. The molecule has 0 spiro atoms. The van der Waals surface area contributed by atoms with Crippen molar-refractivity contribution in [3.63, 3.8) is 0 Å². The monoisotopic (exact) mass is 162 g/mol. The molecule has 11 heavy (non-hydrogen) atoms. The van der Waals surface area contributed by atoms with Crippen LogP contribution in [0.3, 0.4) is 0 Å². The third-order valence-electron chi connectivity index (χ3n) is 1.94. The number of hydrogen-bond donors (Lipinski definition) is 2. The summed E-state index contributed by atoms with van der Waals surface area (Å²) < 4.78 is 10.1. The van der Waals surface area contributed by atoms with Crippen molar-refractivity contribution in [2.45, 2.75) is 37.9 Å². The lowest BCUT2D eigenvalue weighted by Gasteiger charge is -2.34. The fourth-order valence-electron chi connectivity index (χ4n) is 1.18. The van der Waals surface area contributed by atoms with Crippen molar-refractivity contribution < 1.29 is 19.7 Å². The Morgan fingerprint density at radius 2 is 2.09 bits per heavy atom. The van der Waals surface area contributed by atoms with E-state index in [9.17, 15) is 10.2 Å². The van der Waals surface area contributed by atoms with Crippen molar-refractivity contribution >= 4 is 0 Å². The van der Waals surface area contributed by atoms with E-state index in [0.29, 0.717) is 6.42 Å². The van der Waals surface area contributed by atoms with Crippen molar-refractivity contribution in [3.05, 3.63) is 0 Å². The molecule has 0 saturated carbocycles. The molecule has 2 N–H and O–H groups in total. The van der Waals surface area contributed by atoms with Gasteiger partial charge in [-0.25, -0.2) is 0 Å². The maximum absolute atomic E-state index is 9.24. The number of aliphatic hydroxyl groups is 2. The van der Waals surface area contributed by atoms with Crippen molar-refractivity contribution in [1.29, 1.82) is 0 Å². The molecule has 1 fully saturated rings. The number of hydrogen-bond acceptors (Lipinski definition) is 4. The molecule has 0 aromatic carbocycles. The van der Waals surface area contributed by atoms with E-state index in [-0.39, 0.29) is 12.4 Å². The zero-order chi connectivity index (χ0) is 8.43. The van der Waals surface area contributed by atoms with Gasteiger partial charge in [-0.3, -0.25) is 0 Å². The SMILES string of the molecule is CO[C@H]1C[C@@H](O)[C@H](O)C(C)O1. The highest BCUT2D eigenvalue weighted by molar-refractivity contribution is 4.79. The first-order valence-corrected chi connectivity index (χ1v) is 3.69. The molecule has 1 rings (SSSR count). The van der Waals surface area contributed by atoms with E-state index >= 15 is 0 Å². The predicted molar refractivity (Wildman–Crippen MR) is 38.0 cm³/mol. The summed E-state index contributed by atoms with van der Waals surface area (Å²) in [4.78, 5) is 0. The largest absolute Gasteiger partial charge is 0.390 e. The molecule has 0 aromatic rings. The van der Waals surface area contributed by atoms with Gasteiger partial charge in [0.25, 0.3) is 0 Å². The van der Waals surface area contributed by atoms with Crippen LogP contribution in [0.4, 0.5) is 0 Å². The minimum Gasteiger partial charge on any atom is -0.390 e. The van der Waals surface area contributed by atoms with Crippen molar-refractivity contribution in [1.82, 2.24) is 0 Å². The van der Waals surface area contributed by atoms with Gasteiger partial charge in [0, 0.05) is 13.5 Å². The predicted octanol–water partition coefficient (Wildman–Crippen LogP) is -0.510. The van der Waals surface area contributed by atoms with Crippen molar-refractivity contribution in [2.24, 2.45) is 0 Å². The lowest BCUT2D eigenvalue weighted by Crippen LogP contribution is -2.47. The molecule has 1 unspecified atom stereocenters. The van der Waals surface area contributed by atoms with E-state index in [2.05, 4.69) is 0 Å². The molecule has 1 aliphatic heterocycles. The second-order valence-corrected chi connectivity index (χ2v) is 2.80. The zero-order valence-corrected chi connectivity index (χ0v) is 6.73. The first kappa shape index (κ1) is 8.93. The second kappa shape index (κ2) is 3.49. The Bertz CT molecular complexity index is 116. The average Bonchev–Trinajstić information content (AvgIpc) is 1.99. The molecule has 0 amide bonds. The molecule has 0 bridgehead atoms.